The van der Waals surface area contributed by atoms with Gasteiger partial charge in [-0.05, 0) is 30.9 Å². The quantitative estimate of drug-likeness (QED) is 0.745. The van der Waals surface area contributed by atoms with E-state index in [0.717, 1.165) is 18.9 Å². The van der Waals surface area contributed by atoms with Crippen LogP contribution in [-0.4, -0.2) is 10.4 Å². The number of halogens is 4. The number of nitrogens with zero attached hydrogens (tertiary/aromatic N) is 1. The summed E-state index contributed by atoms with van der Waals surface area (Å²) in [4.78, 5) is 3.58. The zero-order valence-corrected chi connectivity index (χ0v) is 9.22. The van der Waals surface area contributed by atoms with E-state index in [9.17, 15) is 13.2 Å². The van der Waals surface area contributed by atoms with E-state index in [-0.39, 0.29) is 5.38 Å². The first-order valence-corrected chi connectivity index (χ1v) is 5.57. The predicted molar refractivity (Wildman–Crippen MR) is 55.3 cm³/mol. The van der Waals surface area contributed by atoms with Crippen LogP contribution in [-0.2, 0) is 12.6 Å². The van der Waals surface area contributed by atoms with Gasteiger partial charge in [0.25, 0.3) is 0 Å². The summed E-state index contributed by atoms with van der Waals surface area (Å²) in [5.74, 6) is 0.456. The van der Waals surface area contributed by atoms with Gasteiger partial charge in [-0.2, -0.15) is 13.2 Å². The molecule has 0 N–H and O–H groups in total. The molecular weight excluding hydrogens is 239 g/mol. The summed E-state index contributed by atoms with van der Waals surface area (Å²) in [6.45, 7) is 0. The molecule has 0 aromatic carbocycles. The van der Waals surface area contributed by atoms with E-state index in [2.05, 4.69) is 4.98 Å². The van der Waals surface area contributed by atoms with Gasteiger partial charge in [-0.25, -0.2) is 4.98 Å². The summed E-state index contributed by atoms with van der Waals surface area (Å²) in [5.41, 5.74) is -0.425. The summed E-state index contributed by atoms with van der Waals surface area (Å²) in [6.07, 6.45) is -1.81. The van der Waals surface area contributed by atoms with Crippen LogP contribution in [0.5, 0.6) is 0 Å². The third kappa shape index (κ3) is 2.88. The molecule has 0 amide bonds. The molecule has 0 saturated heterocycles. The van der Waals surface area contributed by atoms with Crippen LogP contribution in [0, 0.1) is 5.92 Å². The van der Waals surface area contributed by atoms with Crippen LogP contribution < -0.4 is 0 Å². The minimum atomic E-state index is -4.38. The monoisotopic (exact) mass is 249 g/mol. The Bertz CT molecular complexity index is 374. The largest absolute Gasteiger partial charge is 0.433 e. The fourth-order valence-corrected chi connectivity index (χ4v) is 1.99. The molecule has 88 valence electrons. The molecule has 1 fully saturated rings. The minimum Gasteiger partial charge on any atom is -0.248 e. The number of pyridine rings is 1. The van der Waals surface area contributed by atoms with Gasteiger partial charge < -0.3 is 0 Å². The van der Waals surface area contributed by atoms with Crippen molar-refractivity contribution in [2.24, 2.45) is 5.92 Å². The summed E-state index contributed by atoms with van der Waals surface area (Å²) >= 11 is 6.06. The first-order valence-electron chi connectivity index (χ1n) is 5.14. The van der Waals surface area contributed by atoms with Gasteiger partial charge in [0.05, 0.1) is 0 Å². The third-order valence-electron chi connectivity index (χ3n) is 2.63. The maximum absolute atomic E-state index is 12.4. The lowest BCUT2D eigenvalue weighted by Crippen LogP contribution is -2.12. The van der Waals surface area contributed by atoms with Crippen LogP contribution in [0.3, 0.4) is 0 Å². The van der Waals surface area contributed by atoms with Gasteiger partial charge in [-0.1, -0.05) is 6.07 Å². The number of aromatic nitrogens is 1. The van der Waals surface area contributed by atoms with Crippen molar-refractivity contribution in [1.29, 1.82) is 0 Å². The van der Waals surface area contributed by atoms with Gasteiger partial charge in [0.2, 0.25) is 0 Å². The van der Waals surface area contributed by atoms with Crippen LogP contribution in [0.15, 0.2) is 18.2 Å². The van der Waals surface area contributed by atoms with Crippen molar-refractivity contribution in [3.8, 4) is 0 Å². The van der Waals surface area contributed by atoms with Crippen molar-refractivity contribution in [2.75, 3.05) is 0 Å². The summed E-state index contributed by atoms with van der Waals surface area (Å²) in [7, 11) is 0. The first-order chi connectivity index (χ1) is 7.47. The summed E-state index contributed by atoms with van der Waals surface area (Å²) in [5, 5.41) is -0.0871. The third-order valence-corrected chi connectivity index (χ3v) is 3.15. The van der Waals surface area contributed by atoms with E-state index >= 15 is 0 Å². The average Bonchev–Trinajstić information content (AvgIpc) is 2.99. The fourth-order valence-electron chi connectivity index (χ4n) is 1.58. The number of rotatable bonds is 3. The normalized spacial score (nSPS) is 18.5. The molecule has 1 nitrogen and oxygen atoms in total. The zero-order valence-electron chi connectivity index (χ0n) is 8.47. The Kier molecular flexibility index (Phi) is 3.10. The van der Waals surface area contributed by atoms with E-state index in [4.69, 9.17) is 11.6 Å². The Labute approximate surface area is 96.6 Å². The molecule has 1 saturated carbocycles. The van der Waals surface area contributed by atoms with Crippen molar-refractivity contribution < 1.29 is 13.2 Å². The standard InChI is InChI=1S/C11H11ClF3N/c12-9(7-4-5-7)6-8-2-1-3-10(16-8)11(13,14)15/h1-3,7,9H,4-6H2. The molecule has 0 bridgehead atoms. The van der Waals surface area contributed by atoms with Gasteiger partial charge >= 0.3 is 6.18 Å². The Hall–Kier alpha value is -0.770. The molecule has 5 heteroatoms. The van der Waals surface area contributed by atoms with Crippen LogP contribution in [0.2, 0.25) is 0 Å². The maximum Gasteiger partial charge on any atom is 0.433 e. The topological polar surface area (TPSA) is 12.9 Å². The second-order valence-electron chi connectivity index (χ2n) is 4.07. The highest BCUT2D eigenvalue weighted by atomic mass is 35.5. The molecule has 0 spiro atoms. The van der Waals surface area contributed by atoms with E-state index < -0.39 is 11.9 Å². The van der Waals surface area contributed by atoms with Crippen LogP contribution >= 0.6 is 11.6 Å². The van der Waals surface area contributed by atoms with Crippen molar-refractivity contribution in [2.45, 2.75) is 30.8 Å². The molecule has 0 radical (unpaired) electrons. The molecule has 1 unspecified atom stereocenters. The maximum atomic E-state index is 12.4. The summed E-state index contributed by atoms with van der Waals surface area (Å²) in [6, 6.07) is 3.94. The lowest BCUT2D eigenvalue weighted by atomic mass is 10.1. The molecule has 1 aliphatic rings. The fraction of sp³-hybridized carbons (Fsp3) is 0.545. The number of hydrogen-bond acceptors (Lipinski definition) is 1. The van der Waals surface area contributed by atoms with Crippen LogP contribution in [0.25, 0.3) is 0 Å². The van der Waals surface area contributed by atoms with Crippen molar-refractivity contribution in [3.63, 3.8) is 0 Å². The first kappa shape index (κ1) is 11.7. The van der Waals surface area contributed by atoms with E-state index in [1.54, 1.807) is 6.07 Å². The van der Waals surface area contributed by atoms with Gasteiger partial charge in [-0.15, -0.1) is 11.6 Å². The number of alkyl halides is 4. The average molecular weight is 250 g/mol. The van der Waals surface area contributed by atoms with Gasteiger partial charge in [0.15, 0.2) is 0 Å². The Morgan fingerprint density at radius 2 is 2.06 bits per heavy atom. The highest BCUT2D eigenvalue weighted by molar-refractivity contribution is 6.21. The molecule has 2 rings (SSSR count). The Morgan fingerprint density at radius 1 is 1.38 bits per heavy atom. The molecular formula is C11H11ClF3N. The molecule has 1 aromatic rings. The van der Waals surface area contributed by atoms with Gasteiger partial charge in [0, 0.05) is 17.5 Å². The van der Waals surface area contributed by atoms with Crippen molar-refractivity contribution in [3.05, 3.63) is 29.6 Å². The molecule has 1 aliphatic carbocycles. The molecule has 1 aromatic heterocycles. The molecule has 1 atom stereocenters. The Morgan fingerprint density at radius 3 is 2.62 bits per heavy atom. The molecule has 16 heavy (non-hydrogen) atoms. The summed E-state index contributed by atoms with van der Waals surface area (Å²) < 4.78 is 37.1. The van der Waals surface area contributed by atoms with E-state index in [1.807, 2.05) is 0 Å². The molecule has 0 aliphatic heterocycles. The van der Waals surface area contributed by atoms with Crippen molar-refractivity contribution >= 4 is 11.6 Å². The highest BCUT2D eigenvalue weighted by Gasteiger charge is 2.33. The Balaban J connectivity index is 2.09. The van der Waals surface area contributed by atoms with Crippen LogP contribution in [0.4, 0.5) is 13.2 Å². The predicted octanol–water partition coefficient (Wildman–Crippen LogP) is 3.66. The molecule has 1 heterocycles. The van der Waals surface area contributed by atoms with E-state index in [0.29, 0.717) is 18.0 Å². The SMILES string of the molecule is FC(F)(F)c1cccc(CC(Cl)C2CC2)n1. The second kappa shape index (κ2) is 4.24. The van der Waals surface area contributed by atoms with Crippen LogP contribution in [0.1, 0.15) is 24.2 Å². The lowest BCUT2D eigenvalue weighted by Gasteiger charge is -2.10. The van der Waals surface area contributed by atoms with Gasteiger partial charge in [-0.3, -0.25) is 0 Å². The highest BCUT2D eigenvalue weighted by Crippen LogP contribution is 2.37. The van der Waals surface area contributed by atoms with Crippen molar-refractivity contribution in [1.82, 2.24) is 4.98 Å². The lowest BCUT2D eigenvalue weighted by molar-refractivity contribution is -0.141. The second-order valence-corrected chi connectivity index (χ2v) is 4.63. The smallest absolute Gasteiger partial charge is 0.248 e. The van der Waals surface area contributed by atoms with Gasteiger partial charge in [0.1, 0.15) is 5.69 Å². The number of hydrogen-bond donors (Lipinski definition) is 0. The zero-order chi connectivity index (χ0) is 11.8. The minimum absolute atomic E-state index is 0.0871. The van der Waals surface area contributed by atoms with E-state index in [1.165, 1.54) is 6.07 Å².